The van der Waals surface area contributed by atoms with E-state index in [1.807, 2.05) is 0 Å². The highest BCUT2D eigenvalue weighted by molar-refractivity contribution is 14.1. The molecule has 6 heteroatoms. The summed E-state index contributed by atoms with van der Waals surface area (Å²) in [5.74, 6) is 0.193. The third-order valence-electron chi connectivity index (χ3n) is 1.64. The Morgan fingerprint density at radius 2 is 1.80 bits per heavy atom. The van der Waals surface area contributed by atoms with Gasteiger partial charge < -0.3 is 4.74 Å². The molecule has 0 saturated carbocycles. The summed E-state index contributed by atoms with van der Waals surface area (Å²) >= 11 is 7.48. The van der Waals surface area contributed by atoms with Gasteiger partial charge in [-0.05, 0) is 73.2 Å². The van der Waals surface area contributed by atoms with Gasteiger partial charge in [-0.1, -0.05) is 6.92 Å². The number of benzene rings is 1. The van der Waals surface area contributed by atoms with Crippen molar-refractivity contribution < 1.29 is 13.5 Å². The SMILES string of the molecule is CCC(F)(F)Oc1cc(I)c(Br)c(I)c1. The van der Waals surface area contributed by atoms with Crippen molar-refractivity contribution in [2.24, 2.45) is 0 Å². The molecule has 0 aliphatic carbocycles. The van der Waals surface area contributed by atoms with Crippen LogP contribution in [0.2, 0.25) is 0 Å². The molecule has 1 nitrogen and oxygen atoms in total. The van der Waals surface area contributed by atoms with E-state index in [9.17, 15) is 8.78 Å². The van der Waals surface area contributed by atoms with Crippen LogP contribution in [-0.2, 0) is 0 Å². The van der Waals surface area contributed by atoms with Gasteiger partial charge in [-0.3, -0.25) is 0 Å². The summed E-state index contributed by atoms with van der Waals surface area (Å²) in [4.78, 5) is 0. The van der Waals surface area contributed by atoms with Gasteiger partial charge >= 0.3 is 6.11 Å². The predicted octanol–water partition coefficient (Wildman–Crippen LogP) is 5.04. The van der Waals surface area contributed by atoms with Crippen LogP contribution in [0.4, 0.5) is 8.78 Å². The molecule has 84 valence electrons. The summed E-state index contributed by atoms with van der Waals surface area (Å²) < 4.78 is 33.1. The van der Waals surface area contributed by atoms with Crippen LogP contribution in [0.15, 0.2) is 16.6 Å². The fourth-order valence-electron chi connectivity index (χ4n) is 0.836. The third kappa shape index (κ3) is 3.95. The monoisotopic (exact) mass is 502 g/mol. The van der Waals surface area contributed by atoms with Crippen molar-refractivity contribution in [1.29, 1.82) is 0 Å². The second kappa shape index (κ2) is 5.44. The fraction of sp³-hybridized carbons (Fsp3) is 0.333. The molecule has 0 aromatic heterocycles. The topological polar surface area (TPSA) is 9.23 Å². The van der Waals surface area contributed by atoms with Crippen molar-refractivity contribution in [2.45, 2.75) is 19.5 Å². The molecule has 0 spiro atoms. The lowest BCUT2D eigenvalue weighted by atomic mass is 10.3. The number of rotatable bonds is 3. The second-order valence-corrected chi connectivity index (χ2v) is 5.91. The smallest absolute Gasteiger partial charge is 0.397 e. The lowest BCUT2D eigenvalue weighted by Crippen LogP contribution is -2.23. The molecule has 0 N–H and O–H groups in total. The summed E-state index contributed by atoms with van der Waals surface area (Å²) in [5, 5.41) is 0. The van der Waals surface area contributed by atoms with Gasteiger partial charge in [0.1, 0.15) is 5.75 Å². The number of alkyl halides is 2. The maximum atomic E-state index is 13.0. The van der Waals surface area contributed by atoms with E-state index in [1.54, 1.807) is 12.1 Å². The molecular weight excluding hydrogens is 496 g/mol. The van der Waals surface area contributed by atoms with Crippen LogP contribution in [0.3, 0.4) is 0 Å². The zero-order chi connectivity index (χ0) is 11.6. The standard InChI is InChI=1S/C9H7BrF2I2O/c1-2-9(11,12)15-5-3-6(13)8(10)7(14)4-5/h3-4H,2H2,1H3. The van der Waals surface area contributed by atoms with E-state index in [1.165, 1.54) is 6.92 Å². The molecule has 0 unspecified atom stereocenters. The summed E-state index contributed by atoms with van der Waals surface area (Å²) in [6.07, 6.45) is -3.43. The molecular formula is C9H7BrF2I2O. The Morgan fingerprint density at radius 1 is 1.33 bits per heavy atom. The summed E-state index contributed by atoms with van der Waals surface area (Å²) in [7, 11) is 0. The van der Waals surface area contributed by atoms with Crippen molar-refractivity contribution in [3.63, 3.8) is 0 Å². The Bertz CT molecular complexity index is 348. The molecule has 15 heavy (non-hydrogen) atoms. The van der Waals surface area contributed by atoms with Crippen molar-refractivity contribution in [3.05, 3.63) is 23.7 Å². The zero-order valence-electron chi connectivity index (χ0n) is 7.66. The minimum Gasteiger partial charge on any atom is -0.433 e. The molecule has 0 radical (unpaired) electrons. The Kier molecular flexibility index (Phi) is 5.03. The van der Waals surface area contributed by atoms with E-state index in [0.717, 1.165) is 11.6 Å². The first kappa shape index (κ1) is 13.9. The lowest BCUT2D eigenvalue weighted by molar-refractivity contribution is -0.177. The van der Waals surface area contributed by atoms with Crippen LogP contribution in [-0.4, -0.2) is 6.11 Å². The van der Waals surface area contributed by atoms with Crippen molar-refractivity contribution in [2.75, 3.05) is 0 Å². The van der Waals surface area contributed by atoms with Crippen LogP contribution in [0, 0.1) is 7.14 Å². The van der Waals surface area contributed by atoms with Gasteiger partial charge in [0.15, 0.2) is 0 Å². The molecule has 0 fully saturated rings. The normalized spacial score (nSPS) is 11.6. The molecule has 0 atom stereocenters. The molecule has 0 saturated heterocycles. The number of ether oxygens (including phenoxy) is 1. The van der Waals surface area contributed by atoms with E-state index in [0.29, 0.717) is 0 Å². The number of halogens is 5. The van der Waals surface area contributed by atoms with Gasteiger partial charge in [-0.2, -0.15) is 8.78 Å². The minimum atomic E-state index is -3.10. The highest BCUT2D eigenvalue weighted by Gasteiger charge is 2.28. The maximum absolute atomic E-state index is 13.0. The first-order chi connectivity index (χ1) is 6.85. The van der Waals surface area contributed by atoms with Crippen LogP contribution in [0.5, 0.6) is 5.75 Å². The average Bonchev–Trinajstić information content (AvgIpc) is 2.13. The first-order valence-electron chi connectivity index (χ1n) is 4.07. The highest BCUT2D eigenvalue weighted by atomic mass is 127. The van der Waals surface area contributed by atoms with Crippen LogP contribution < -0.4 is 4.74 Å². The molecule has 0 aliphatic heterocycles. The molecule has 1 aromatic rings. The molecule has 0 heterocycles. The summed E-state index contributed by atoms with van der Waals surface area (Å²) in [6, 6.07) is 3.16. The largest absolute Gasteiger partial charge is 0.433 e. The molecule has 1 aromatic carbocycles. The minimum absolute atomic E-state index is 0.193. The zero-order valence-corrected chi connectivity index (χ0v) is 13.6. The predicted molar refractivity (Wildman–Crippen MR) is 75.4 cm³/mol. The highest BCUT2D eigenvalue weighted by Crippen LogP contribution is 2.32. The van der Waals surface area contributed by atoms with Crippen molar-refractivity contribution >= 4 is 61.1 Å². The Morgan fingerprint density at radius 3 is 2.20 bits per heavy atom. The second-order valence-electron chi connectivity index (χ2n) is 2.79. The van der Waals surface area contributed by atoms with Crippen LogP contribution in [0.1, 0.15) is 13.3 Å². The maximum Gasteiger partial charge on any atom is 0.397 e. The molecule has 1 rings (SSSR count). The van der Waals surface area contributed by atoms with E-state index in [4.69, 9.17) is 0 Å². The number of hydrogen-bond donors (Lipinski definition) is 0. The Hall–Kier alpha value is 0.820. The van der Waals surface area contributed by atoms with Crippen molar-refractivity contribution in [1.82, 2.24) is 0 Å². The van der Waals surface area contributed by atoms with E-state index >= 15 is 0 Å². The Labute approximate surface area is 122 Å². The van der Waals surface area contributed by atoms with Gasteiger partial charge in [0.25, 0.3) is 0 Å². The van der Waals surface area contributed by atoms with Crippen LogP contribution in [0.25, 0.3) is 0 Å². The molecule has 0 aliphatic rings. The van der Waals surface area contributed by atoms with Gasteiger partial charge in [0.05, 0.1) is 0 Å². The number of hydrogen-bond acceptors (Lipinski definition) is 1. The van der Waals surface area contributed by atoms with E-state index in [2.05, 4.69) is 65.8 Å². The van der Waals surface area contributed by atoms with E-state index < -0.39 is 6.11 Å². The van der Waals surface area contributed by atoms with E-state index in [-0.39, 0.29) is 12.2 Å². The summed E-state index contributed by atoms with van der Waals surface area (Å²) in [5.41, 5.74) is 0. The molecule has 0 bridgehead atoms. The average molecular weight is 503 g/mol. The van der Waals surface area contributed by atoms with Crippen molar-refractivity contribution in [3.8, 4) is 5.75 Å². The summed E-state index contributed by atoms with van der Waals surface area (Å²) in [6.45, 7) is 1.38. The Balaban J connectivity index is 2.98. The third-order valence-corrected chi connectivity index (χ3v) is 5.67. The molecule has 0 amide bonds. The first-order valence-corrected chi connectivity index (χ1v) is 7.02. The lowest BCUT2D eigenvalue weighted by Gasteiger charge is -2.16. The van der Waals surface area contributed by atoms with Crippen LogP contribution >= 0.6 is 61.1 Å². The van der Waals surface area contributed by atoms with Gasteiger partial charge in [-0.25, -0.2) is 0 Å². The fourth-order valence-corrected chi connectivity index (χ4v) is 2.78. The quantitative estimate of drug-likeness (QED) is 0.416. The van der Waals surface area contributed by atoms with Gasteiger partial charge in [0, 0.05) is 18.0 Å². The van der Waals surface area contributed by atoms with Gasteiger partial charge in [-0.15, -0.1) is 0 Å². The van der Waals surface area contributed by atoms with Gasteiger partial charge in [0.2, 0.25) is 0 Å².